The number of urea groups is 1. The minimum Gasteiger partial charge on any atom is -0.481 e. The molecule has 1 rings (SSSR count). The Morgan fingerprint density at radius 3 is 2.47 bits per heavy atom. The third-order valence-electron chi connectivity index (χ3n) is 3.67. The van der Waals surface area contributed by atoms with Crippen molar-refractivity contribution in [2.24, 2.45) is 0 Å². The number of amides is 2. The summed E-state index contributed by atoms with van der Waals surface area (Å²) in [6.45, 7) is 8.46. The summed E-state index contributed by atoms with van der Waals surface area (Å²) in [4.78, 5) is 28.8. The van der Waals surface area contributed by atoms with Crippen molar-refractivity contribution in [2.75, 3.05) is 33.2 Å². The number of piperazine rings is 1. The van der Waals surface area contributed by atoms with Gasteiger partial charge in [0.1, 0.15) is 0 Å². The fraction of sp³-hybridized carbons (Fsp3) is 0.846. The largest absolute Gasteiger partial charge is 0.481 e. The van der Waals surface area contributed by atoms with Gasteiger partial charge in [-0.25, -0.2) is 4.79 Å². The van der Waals surface area contributed by atoms with Crippen LogP contribution in [-0.4, -0.2) is 77.1 Å². The maximum atomic E-state index is 12.4. The molecule has 1 fully saturated rings. The van der Waals surface area contributed by atoms with E-state index in [9.17, 15) is 9.59 Å². The Morgan fingerprint density at radius 2 is 2.00 bits per heavy atom. The normalized spacial score (nSPS) is 20.7. The summed E-state index contributed by atoms with van der Waals surface area (Å²) in [7, 11) is 2.05. The molecular formula is C13H25N3O3. The maximum Gasteiger partial charge on any atom is 0.320 e. The number of carboxylic acid groups (broad SMARTS) is 1. The molecule has 110 valence electrons. The van der Waals surface area contributed by atoms with Gasteiger partial charge in [-0.05, 0) is 27.8 Å². The van der Waals surface area contributed by atoms with Gasteiger partial charge in [0.2, 0.25) is 0 Å². The second-order valence-electron chi connectivity index (χ2n) is 5.49. The maximum absolute atomic E-state index is 12.4. The third-order valence-corrected chi connectivity index (χ3v) is 3.67. The number of likely N-dealkylation sites (N-methyl/N-ethyl adjacent to an activating group) is 1. The van der Waals surface area contributed by atoms with E-state index in [-0.39, 0.29) is 25.0 Å². The average Bonchev–Trinajstić information content (AvgIpc) is 2.31. The highest BCUT2D eigenvalue weighted by atomic mass is 16.4. The van der Waals surface area contributed by atoms with Crippen LogP contribution >= 0.6 is 0 Å². The van der Waals surface area contributed by atoms with Crippen molar-refractivity contribution in [3.8, 4) is 0 Å². The number of nitrogens with zero attached hydrogens (tertiary/aromatic N) is 3. The van der Waals surface area contributed by atoms with Gasteiger partial charge < -0.3 is 19.8 Å². The van der Waals surface area contributed by atoms with E-state index < -0.39 is 5.97 Å². The first kappa shape index (κ1) is 15.8. The van der Waals surface area contributed by atoms with Crippen LogP contribution in [0.1, 0.15) is 27.2 Å². The zero-order valence-electron chi connectivity index (χ0n) is 12.3. The number of rotatable bonds is 4. The van der Waals surface area contributed by atoms with Crippen LogP contribution in [0.4, 0.5) is 4.79 Å². The number of carbonyl (C=O) groups excluding carboxylic acids is 1. The highest BCUT2D eigenvalue weighted by Gasteiger charge is 2.28. The summed E-state index contributed by atoms with van der Waals surface area (Å²) in [5, 5.41) is 8.75. The molecule has 6 nitrogen and oxygen atoms in total. The van der Waals surface area contributed by atoms with E-state index in [0.29, 0.717) is 19.1 Å². The lowest BCUT2D eigenvalue weighted by Gasteiger charge is -2.40. The van der Waals surface area contributed by atoms with Crippen molar-refractivity contribution in [1.29, 1.82) is 0 Å². The smallest absolute Gasteiger partial charge is 0.320 e. The first-order chi connectivity index (χ1) is 8.82. The molecule has 0 radical (unpaired) electrons. The molecule has 0 aromatic rings. The van der Waals surface area contributed by atoms with Gasteiger partial charge in [0.25, 0.3) is 0 Å². The molecule has 1 unspecified atom stereocenters. The van der Waals surface area contributed by atoms with Gasteiger partial charge >= 0.3 is 12.0 Å². The zero-order valence-corrected chi connectivity index (χ0v) is 12.3. The van der Waals surface area contributed by atoms with Crippen LogP contribution in [0.5, 0.6) is 0 Å². The quantitative estimate of drug-likeness (QED) is 0.826. The molecule has 1 aliphatic heterocycles. The Hall–Kier alpha value is -1.30. The van der Waals surface area contributed by atoms with Gasteiger partial charge in [-0.15, -0.1) is 0 Å². The predicted molar refractivity (Wildman–Crippen MR) is 73.2 cm³/mol. The number of hydrogen-bond donors (Lipinski definition) is 1. The summed E-state index contributed by atoms with van der Waals surface area (Å²) < 4.78 is 0. The molecule has 0 aromatic heterocycles. The van der Waals surface area contributed by atoms with Crippen LogP contribution in [-0.2, 0) is 4.79 Å². The molecule has 19 heavy (non-hydrogen) atoms. The van der Waals surface area contributed by atoms with E-state index in [1.165, 1.54) is 0 Å². The first-order valence-electron chi connectivity index (χ1n) is 6.80. The third kappa shape index (κ3) is 4.38. The van der Waals surface area contributed by atoms with Crippen molar-refractivity contribution in [2.45, 2.75) is 39.3 Å². The van der Waals surface area contributed by atoms with E-state index in [1.807, 2.05) is 18.7 Å². The molecule has 1 saturated heterocycles. The van der Waals surface area contributed by atoms with Gasteiger partial charge in [-0.3, -0.25) is 4.79 Å². The molecule has 2 amide bonds. The second-order valence-corrected chi connectivity index (χ2v) is 5.49. The Balaban J connectivity index is 2.63. The van der Waals surface area contributed by atoms with Crippen LogP contribution in [0.3, 0.4) is 0 Å². The van der Waals surface area contributed by atoms with Gasteiger partial charge in [0, 0.05) is 38.3 Å². The van der Waals surface area contributed by atoms with Crippen molar-refractivity contribution in [3.05, 3.63) is 0 Å². The Labute approximate surface area is 115 Å². The highest BCUT2D eigenvalue weighted by molar-refractivity contribution is 5.76. The van der Waals surface area contributed by atoms with E-state index >= 15 is 0 Å². The summed E-state index contributed by atoms with van der Waals surface area (Å²) in [6.07, 6.45) is -0.00673. The summed E-state index contributed by atoms with van der Waals surface area (Å²) in [5.41, 5.74) is 0. The number of hydrogen-bond acceptors (Lipinski definition) is 3. The van der Waals surface area contributed by atoms with E-state index in [2.05, 4.69) is 18.9 Å². The topological polar surface area (TPSA) is 64.1 Å². The number of carbonyl (C=O) groups is 2. The van der Waals surface area contributed by atoms with Gasteiger partial charge in [0.15, 0.2) is 0 Å². The minimum atomic E-state index is -0.870. The summed E-state index contributed by atoms with van der Waals surface area (Å²) in [5.74, 6) is -0.870. The molecule has 1 N–H and O–H groups in total. The first-order valence-corrected chi connectivity index (χ1v) is 6.80. The summed E-state index contributed by atoms with van der Waals surface area (Å²) in [6, 6.07) is 0.309. The Bertz CT molecular complexity index is 333. The van der Waals surface area contributed by atoms with E-state index in [4.69, 9.17) is 5.11 Å². The summed E-state index contributed by atoms with van der Waals surface area (Å²) >= 11 is 0. The van der Waals surface area contributed by atoms with Gasteiger partial charge in [0.05, 0.1) is 6.42 Å². The van der Waals surface area contributed by atoms with Crippen molar-refractivity contribution in [3.63, 3.8) is 0 Å². The van der Waals surface area contributed by atoms with Crippen LogP contribution in [0.15, 0.2) is 0 Å². The van der Waals surface area contributed by atoms with E-state index in [1.54, 1.807) is 4.90 Å². The standard InChI is InChI=1S/C13H25N3O3/c1-10(2)16(6-5-12(17)18)13(19)15-8-7-14(4)11(3)9-15/h10-11H,5-9H2,1-4H3,(H,17,18). The van der Waals surface area contributed by atoms with Gasteiger partial charge in [-0.2, -0.15) is 0 Å². The fourth-order valence-corrected chi connectivity index (χ4v) is 2.19. The Morgan fingerprint density at radius 1 is 1.37 bits per heavy atom. The molecule has 1 aliphatic rings. The lowest BCUT2D eigenvalue weighted by molar-refractivity contribution is -0.137. The molecule has 1 atom stereocenters. The Kier molecular flexibility index (Phi) is 5.60. The number of carboxylic acids is 1. The second kappa shape index (κ2) is 6.75. The van der Waals surface area contributed by atoms with E-state index in [0.717, 1.165) is 6.54 Å². The lowest BCUT2D eigenvalue weighted by atomic mass is 10.2. The molecule has 0 aromatic carbocycles. The molecule has 0 bridgehead atoms. The monoisotopic (exact) mass is 271 g/mol. The molecule has 6 heteroatoms. The van der Waals surface area contributed by atoms with Crippen molar-refractivity contribution < 1.29 is 14.7 Å². The fourth-order valence-electron chi connectivity index (χ4n) is 2.19. The van der Waals surface area contributed by atoms with Crippen molar-refractivity contribution in [1.82, 2.24) is 14.7 Å². The van der Waals surface area contributed by atoms with Crippen LogP contribution in [0.25, 0.3) is 0 Å². The van der Waals surface area contributed by atoms with Crippen LogP contribution in [0, 0.1) is 0 Å². The molecule has 1 heterocycles. The van der Waals surface area contributed by atoms with Gasteiger partial charge in [-0.1, -0.05) is 0 Å². The minimum absolute atomic E-state index is 0.00673. The predicted octanol–water partition coefficient (Wildman–Crippen LogP) is 0.927. The lowest BCUT2D eigenvalue weighted by Crippen LogP contribution is -2.56. The number of aliphatic carboxylic acids is 1. The zero-order chi connectivity index (χ0) is 14.6. The van der Waals surface area contributed by atoms with Crippen LogP contribution in [0.2, 0.25) is 0 Å². The molecule has 0 aliphatic carbocycles. The van der Waals surface area contributed by atoms with Crippen LogP contribution < -0.4 is 0 Å². The molecule has 0 spiro atoms. The SMILES string of the molecule is CC1CN(C(=O)N(CCC(=O)O)C(C)C)CCN1C. The molecular weight excluding hydrogens is 246 g/mol. The molecule has 0 saturated carbocycles. The highest BCUT2D eigenvalue weighted by Crippen LogP contribution is 2.12. The van der Waals surface area contributed by atoms with Crippen molar-refractivity contribution >= 4 is 12.0 Å². The average molecular weight is 271 g/mol.